The number of aliphatic hydroxyl groups is 1. The van der Waals surface area contributed by atoms with Crippen molar-refractivity contribution >= 4 is 11.6 Å². The third-order valence-electron chi connectivity index (χ3n) is 2.91. The molecule has 0 saturated heterocycles. The first kappa shape index (κ1) is 13.8. The molecule has 4 heteroatoms. The molecule has 0 spiro atoms. The van der Waals surface area contributed by atoms with Gasteiger partial charge in [0.05, 0.1) is 13.2 Å². The summed E-state index contributed by atoms with van der Waals surface area (Å²) in [5.41, 5.74) is 1.12. The fraction of sp³-hybridized carbons (Fsp3) is 0.200. The summed E-state index contributed by atoms with van der Waals surface area (Å²) in [6, 6.07) is 11.8. The molecule has 19 heavy (non-hydrogen) atoms. The number of aliphatic hydroxyl groups excluding tert-OH is 1. The quantitative estimate of drug-likeness (QED) is 0.924. The molecule has 100 valence electrons. The van der Waals surface area contributed by atoms with Crippen LogP contribution >= 0.6 is 11.6 Å². The summed E-state index contributed by atoms with van der Waals surface area (Å²) < 4.78 is 18.9. The van der Waals surface area contributed by atoms with Crippen molar-refractivity contribution in [3.8, 4) is 5.75 Å². The number of methoxy groups -OCH3 is 1. The van der Waals surface area contributed by atoms with Crippen molar-refractivity contribution in [3.05, 3.63) is 64.4 Å². The van der Waals surface area contributed by atoms with Crippen LogP contribution < -0.4 is 4.74 Å². The van der Waals surface area contributed by atoms with Crippen molar-refractivity contribution in [1.82, 2.24) is 0 Å². The Morgan fingerprint density at radius 2 is 1.89 bits per heavy atom. The molecule has 0 aliphatic rings. The van der Waals surface area contributed by atoms with E-state index < -0.39 is 11.9 Å². The highest BCUT2D eigenvalue weighted by Gasteiger charge is 2.16. The summed E-state index contributed by atoms with van der Waals surface area (Å²) >= 11 is 5.79. The van der Waals surface area contributed by atoms with E-state index in [1.165, 1.54) is 13.2 Å². The van der Waals surface area contributed by atoms with E-state index in [2.05, 4.69) is 0 Å². The third kappa shape index (κ3) is 3.25. The minimum atomic E-state index is -0.920. The Bertz CT molecular complexity index is 555. The smallest absolute Gasteiger partial charge is 0.170 e. The normalized spacial score (nSPS) is 12.2. The van der Waals surface area contributed by atoms with E-state index in [4.69, 9.17) is 16.3 Å². The molecule has 1 N–H and O–H groups in total. The number of hydrogen-bond acceptors (Lipinski definition) is 2. The molecule has 0 heterocycles. The zero-order valence-electron chi connectivity index (χ0n) is 10.4. The number of ether oxygens (including phenoxy) is 1. The van der Waals surface area contributed by atoms with E-state index in [0.717, 1.165) is 5.56 Å². The van der Waals surface area contributed by atoms with Crippen molar-refractivity contribution in [2.24, 2.45) is 0 Å². The van der Waals surface area contributed by atoms with Gasteiger partial charge >= 0.3 is 0 Å². The second-order valence-corrected chi connectivity index (χ2v) is 4.65. The molecule has 1 unspecified atom stereocenters. The summed E-state index contributed by atoms with van der Waals surface area (Å²) in [6.07, 6.45) is -0.599. The molecule has 0 aliphatic heterocycles. The van der Waals surface area contributed by atoms with Crippen molar-refractivity contribution in [3.63, 3.8) is 0 Å². The van der Waals surface area contributed by atoms with Crippen LogP contribution in [-0.2, 0) is 6.42 Å². The highest BCUT2D eigenvalue weighted by atomic mass is 35.5. The molecule has 0 bridgehead atoms. The lowest BCUT2D eigenvalue weighted by Gasteiger charge is -2.13. The largest absolute Gasteiger partial charge is 0.494 e. The molecule has 0 aliphatic carbocycles. The second-order valence-electron chi connectivity index (χ2n) is 4.21. The van der Waals surface area contributed by atoms with Gasteiger partial charge in [-0.25, -0.2) is 4.39 Å². The van der Waals surface area contributed by atoms with E-state index in [-0.39, 0.29) is 11.3 Å². The van der Waals surface area contributed by atoms with Crippen LogP contribution in [0, 0.1) is 5.82 Å². The van der Waals surface area contributed by atoms with E-state index in [1.807, 2.05) is 12.1 Å². The molecule has 0 fully saturated rings. The topological polar surface area (TPSA) is 29.5 Å². The Kier molecular flexibility index (Phi) is 4.40. The van der Waals surface area contributed by atoms with Gasteiger partial charge < -0.3 is 9.84 Å². The summed E-state index contributed by atoms with van der Waals surface area (Å²) in [4.78, 5) is 0. The molecule has 2 aromatic carbocycles. The summed E-state index contributed by atoms with van der Waals surface area (Å²) in [5, 5.41) is 10.7. The van der Waals surface area contributed by atoms with Gasteiger partial charge in [0.25, 0.3) is 0 Å². The Hall–Kier alpha value is -1.58. The molecule has 1 atom stereocenters. The van der Waals surface area contributed by atoms with Crippen molar-refractivity contribution < 1.29 is 14.2 Å². The second kappa shape index (κ2) is 6.04. The number of benzene rings is 2. The molecule has 0 amide bonds. The average Bonchev–Trinajstić information content (AvgIpc) is 2.41. The minimum absolute atomic E-state index is 0.132. The Morgan fingerprint density at radius 1 is 1.21 bits per heavy atom. The third-order valence-corrected chi connectivity index (χ3v) is 3.17. The Balaban J connectivity index is 2.20. The number of halogens is 2. The van der Waals surface area contributed by atoms with Gasteiger partial charge in [-0.15, -0.1) is 0 Å². The minimum Gasteiger partial charge on any atom is -0.494 e. The monoisotopic (exact) mass is 280 g/mol. The van der Waals surface area contributed by atoms with Gasteiger partial charge in [-0.3, -0.25) is 0 Å². The van der Waals surface area contributed by atoms with Crippen LogP contribution in [-0.4, -0.2) is 12.2 Å². The van der Waals surface area contributed by atoms with Crippen LogP contribution in [0.4, 0.5) is 4.39 Å². The molecule has 0 saturated carbocycles. The fourth-order valence-electron chi connectivity index (χ4n) is 1.90. The van der Waals surface area contributed by atoms with Gasteiger partial charge in [-0.2, -0.15) is 0 Å². The molecule has 0 radical (unpaired) electrons. The van der Waals surface area contributed by atoms with Crippen LogP contribution in [0.3, 0.4) is 0 Å². The van der Waals surface area contributed by atoms with E-state index in [1.54, 1.807) is 24.3 Å². The number of hydrogen-bond donors (Lipinski definition) is 1. The summed E-state index contributed by atoms with van der Waals surface area (Å²) in [5.74, 6) is -0.390. The zero-order valence-corrected chi connectivity index (χ0v) is 11.2. The Morgan fingerprint density at radius 3 is 2.53 bits per heavy atom. The van der Waals surface area contributed by atoms with Gasteiger partial charge in [-0.1, -0.05) is 35.9 Å². The van der Waals surface area contributed by atoms with Crippen LogP contribution in [0.5, 0.6) is 5.75 Å². The maximum absolute atomic E-state index is 14.0. The van der Waals surface area contributed by atoms with Gasteiger partial charge in [0.15, 0.2) is 11.6 Å². The summed E-state index contributed by atoms with van der Waals surface area (Å²) in [6.45, 7) is 0. The zero-order chi connectivity index (χ0) is 13.8. The van der Waals surface area contributed by atoms with Crippen LogP contribution in [0.2, 0.25) is 5.02 Å². The lowest BCUT2D eigenvalue weighted by atomic mass is 10.0. The molecule has 2 rings (SSSR count). The molecule has 2 nitrogen and oxygen atoms in total. The lowest BCUT2D eigenvalue weighted by molar-refractivity contribution is 0.172. The Labute approximate surface area is 116 Å². The molecular weight excluding hydrogens is 267 g/mol. The number of rotatable bonds is 4. The van der Waals surface area contributed by atoms with Crippen molar-refractivity contribution in [1.29, 1.82) is 0 Å². The van der Waals surface area contributed by atoms with Gasteiger partial charge in [0.2, 0.25) is 0 Å². The maximum atomic E-state index is 14.0. The van der Waals surface area contributed by atoms with Crippen LogP contribution in [0.25, 0.3) is 0 Å². The first-order valence-electron chi connectivity index (χ1n) is 5.86. The molecule has 0 aromatic heterocycles. The predicted molar refractivity (Wildman–Crippen MR) is 73.1 cm³/mol. The highest BCUT2D eigenvalue weighted by Crippen LogP contribution is 2.27. The molecule has 2 aromatic rings. The first-order valence-corrected chi connectivity index (χ1v) is 6.24. The first-order chi connectivity index (χ1) is 9.11. The fourth-order valence-corrected chi connectivity index (χ4v) is 2.02. The van der Waals surface area contributed by atoms with Crippen molar-refractivity contribution in [2.45, 2.75) is 12.5 Å². The van der Waals surface area contributed by atoms with Crippen LogP contribution in [0.1, 0.15) is 17.2 Å². The standard InChI is InChI=1S/C15H14ClFO2/c1-19-14-4-2-3-12(15(14)17)13(18)9-10-5-7-11(16)8-6-10/h2-8,13,18H,9H2,1H3. The lowest BCUT2D eigenvalue weighted by Crippen LogP contribution is -2.05. The summed E-state index contributed by atoms with van der Waals surface area (Å²) in [7, 11) is 1.40. The van der Waals surface area contributed by atoms with Gasteiger partial charge in [0, 0.05) is 17.0 Å². The maximum Gasteiger partial charge on any atom is 0.170 e. The predicted octanol–water partition coefficient (Wildman–Crippen LogP) is 3.76. The van der Waals surface area contributed by atoms with E-state index in [9.17, 15) is 9.50 Å². The van der Waals surface area contributed by atoms with Crippen molar-refractivity contribution in [2.75, 3.05) is 7.11 Å². The van der Waals surface area contributed by atoms with Gasteiger partial charge in [0.1, 0.15) is 0 Å². The molecular formula is C15H14ClFO2. The highest BCUT2D eigenvalue weighted by molar-refractivity contribution is 6.30. The van der Waals surface area contributed by atoms with E-state index in [0.29, 0.717) is 11.4 Å². The van der Waals surface area contributed by atoms with E-state index >= 15 is 0 Å². The van der Waals surface area contributed by atoms with Crippen LogP contribution in [0.15, 0.2) is 42.5 Å². The average molecular weight is 281 g/mol. The van der Waals surface area contributed by atoms with Gasteiger partial charge in [-0.05, 0) is 23.8 Å². The SMILES string of the molecule is COc1cccc(C(O)Cc2ccc(Cl)cc2)c1F.